The summed E-state index contributed by atoms with van der Waals surface area (Å²) >= 11 is 0. The van der Waals surface area contributed by atoms with Gasteiger partial charge in [-0.15, -0.1) is 0 Å². The monoisotopic (exact) mass is 238 g/mol. The molecular weight excluding hydrogens is 225 g/mol. The van der Waals surface area contributed by atoms with Crippen molar-refractivity contribution in [3.63, 3.8) is 0 Å². The molecule has 73 valence electrons. The molecule has 0 amide bonds. The van der Waals surface area contributed by atoms with Crippen molar-refractivity contribution < 1.29 is 8.42 Å². The van der Waals surface area contributed by atoms with Crippen LogP contribution in [0.3, 0.4) is 0 Å². The Morgan fingerprint density at radius 1 is 1.21 bits per heavy atom. The number of benzene rings is 1. The van der Waals surface area contributed by atoms with Crippen LogP contribution in [0.25, 0.3) is 0 Å². The molecule has 0 bridgehead atoms. The van der Waals surface area contributed by atoms with Gasteiger partial charge in [0.15, 0.2) is 0 Å². The first-order valence-corrected chi connectivity index (χ1v) is 5.61. The van der Waals surface area contributed by atoms with Crippen LogP contribution >= 0.6 is 0 Å². The first-order chi connectivity index (χ1) is 6.06. The van der Waals surface area contributed by atoms with Gasteiger partial charge in [0.1, 0.15) is 0 Å². The number of hydrogen-bond acceptors (Lipinski definition) is 2. The van der Waals surface area contributed by atoms with Crippen LogP contribution in [0.2, 0.25) is 0 Å². The van der Waals surface area contributed by atoms with Crippen molar-refractivity contribution >= 4 is 61.4 Å². The third-order valence-corrected chi connectivity index (χ3v) is 3.23. The molecule has 5 heteroatoms. The Morgan fingerprint density at radius 3 is 2.14 bits per heavy atom. The third kappa shape index (κ3) is 4.10. The normalized spacial score (nSPS) is 10.7. The van der Waals surface area contributed by atoms with E-state index in [9.17, 15) is 8.42 Å². The topological polar surface area (TPSA) is 46.2 Å². The summed E-state index contributed by atoms with van der Waals surface area (Å²) in [6, 6.07) is 6.77. The number of sulfonamides is 1. The summed E-state index contributed by atoms with van der Waals surface area (Å²) in [5, 5.41) is 0. The zero-order valence-corrected chi connectivity index (χ0v) is 12.7. The second kappa shape index (κ2) is 6.37. The summed E-state index contributed by atoms with van der Waals surface area (Å²) in [6.45, 7) is 4.09. The fraction of sp³-hybridized carbons (Fsp3) is 0.333. The fourth-order valence-corrected chi connectivity index (χ4v) is 2.03. The minimum atomic E-state index is -3.28. The maximum Gasteiger partial charge on any atom is 0.240 e. The Morgan fingerprint density at radius 2 is 1.71 bits per heavy atom. The second-order valence-corrected chi connectivity index (χ2v) is 4.58. The molecule has 1 aromatic rings. The van der Waals surface area contributed by atoms with Crippen molar-refractivity contribution in [2.24, 2.45) is 0 Å². The van der Waals surface area contributed by atoms with Gasteiger partial charge in [0, 0.05) is 57.9 Å². The summed E-state index contributed by atoms with van der Waals surface area (Å²) in [5.74, 6) is 0. The van der Waals surface area contributed by atoms with Crippen molar-refractivity contribution in [1.82, 2.24) is 4.72 Å². The Labute approximate surface area is 128 Å². The molecule has 1 aromatic carbocycles. The van der Waals surface area contributed by atoms with Gasteiger partial charge in [0.2, 0.25) is 10.0 Å². The molecule has 0 saturated heterocycles. The largest absolute Gasteiger partial charge is 0.240 e. The van der Waals surface area contributed by atoms with Gasteiger partial charge in [0.05, 0.1) is 4.90 Å². The first-order valence-electron chi connectivity index (χ1n) is 4.12. The number of rotatable bonds is 3. The number of nitrogens with one attached hydrogen (secondary N) is 1. The summed E-state index contributed by atoms with van der Waals surface area (Å²) in [7, 11) is -3.28. The quantitative estimate of drug-likeness (QED) is 0.796. The van der Waals surface area contributed by atoms with Gasteiger partial charge in [0.25, 0.3) is 0 Å². The third-order valence-electron chi connectivity index (χ3n) is 1.67. The summed E-state index contributed by atoms with van der Waals surface area (Å²) in [4.78, 5) is 0.319. The maximum absolute atomic E-state index is 11.4. The van der Waals surface area contributed by atoms with Crippen LogP contribution < -0.4 is 4.72 Å². The molecule has 1 radical (unpaired) electrons. The van der Waals surface area contributed by atoms with E-state index in [1.54, 1.807) is 31.2 Å². The summed E-state index contributed by atoms with van der Waals surface area (Å²) in [6.07, 6.45) is 0. The number of aryl methyl sites for hydroxylation is 1. The zero-order valence-electron chi connectivity index (χ0n) is 8.74. The average Bonchev–Trinajstić information content (AvgIpc) is 2.05. The van der Waals surface area contributed by atoms with Gasteiger partial charge in [-0.1, -0.05) is 24.6 Å². The number of hydrogen-bond donors (Lipinski definition) is 1. The Balaban J connectivity index is 0.00000169. The van der Waals surface area contributed by atoms with Crippen molar-refractivity contribution in [2.45, 2.75) is 18.7 Å². The van der Waals surface area contributed by atoms with Crippen molar-refractivity contribution in [3.05, 3.63) is 29.8 Å². The van der Waals surface area contributed by atoms with Crippen molar-refractivity contribution in [3.8, 4) is 0 Å². The Hall–Kier alpha value is 0.766. The van der Waals surface area contributed by atoms with Gasteiger partial charge < -0.3 is 0 Å². The zero-order chi connectivity index (χ0) is 9.90. The molecule has 0 saturated carbocycles. The molecule has 0 aliphatic heterocycles. The van der Waals surface area contributed by atoms with Crippen LogP contribution in [0.5, 0.6) is 0 Å². The maximum atomic E-state index is 11.4. The van der Waals surface area contributed by atoms with Crippen molar-refractivity contribution in [1.29, 1.82) is 0 Å². The fourth-order valence-electron chi connectivity index (χ4n) is 0.991. The van der Waals surface area contributed by atoms with E-state index in [2.05, 4.69) is 4.72 Å². The van der Waals surface area contributed by atoms with E-state index < -0.39 is 10.0 Å². The van der Waals surface area contributed by atoms with E-state index in [0.717, 1.165) is 5.56 Å². The molecule has 0 aliphatic carbocycles. The van der Waals surface area contributed by atoms with Gasteiger partial charge in [-0.3, -0.25) is 0 Å². The van der Waals surface area contributed by atoms with Crippen LogP contribution in [0.1, 0.15) is 12.5 Å². The minimum Gasteiger partial charge on any atom is -0.211 e. The van der Waals surface area contributed by atoms with E-state index >= 15 is 0 Å². The summed E-state index contributed by atoms with van der Waals surface area (Å²) < 4.78 is 25.3. The van der Waals surface area contributed by atoms with Crippen LogP contribution in [0, 0.1) is 6.92 Å². The second-order valence-electron chi connectivity index (χ2n) is 2.81. The predicted molar refractivity (Wildman–Crippen MR) is 57.8 cm³/mol. The molecule has 3 nitrogen and oxygen atoms in total. The van der Waals surface area contributed by atoms with Crippen molar-refractivity contribution in [2.75, 3.05) is 6.54 Å². The smallest absolute Gasteiger partial charge is 0.211 e. The standard InChI is InChI=1S/C9H13NO2S.K/c1-3-10-13(11,12)9-6-4-8(2)5-7-9;/h4-7,10H,3H2,1-2H3;. The molecule has 0 spiro atoms. The average molecular weight is 238 g/mol. The van der Waals surface area contributed by atoms with Gasteiger partial charge >= 0.3 is 0 Å². The molecule has 0 aliphatic rings. The molecular formula is C9H13KNO2S. The van der Waals surface area contributed by atoms with Crippen LogP contribution in [-0.2, 0) is 10.0 Å². The van der Waals surface area contributed by atoms with E-state index in [-0.39, 0.29) is 51.4 Å². The van der Waals surface area contributed by atoms with Crippen LogP contribution in [-0.4, -0.2) is 66.3 Å². The van der Waals surface area contributed by atoms with Crippen LogP contribution in [0.15, 0.2) is 29.2 Å². The van der Waals surface area contributed by atoms with Crippen LogP contribution in [0.4, 0.5) is 0 Å². The van der Waals surface area contributed by atoms with E-state index in [1.807, 2.05) is 6.92 Å². The molecule has 0 heterocycles. The SMILES string of the molecule is CCNS(=O)(=O)c1ccc(C)cc1.[K]. The molecule has 0 unspecified atom stereocenters. The van der Waals surface area contributed by atoms with E-state index in [1.165, 1.54) is 0 Å². The van der Waals surface area contributed by atoms with E-state index in [4.69, 9.17) is 0 Å². The predicted octanol–water partition coefficient (Wildman–Crippen LogP) is 0.912. The molecule has 14 heavy (non-hydrogen) atoms. The Bertz CT molecular complexity index is 372. The van der Waals surface area contributed by atoms with Gasteiger partial charge in [-0.25, -0.2) is 13.1 Å². The molecule has 0 fully saturated rings. The molecule has 0 aromatic heterocycles. The summed E-state index contributed by atoms with van der Waals surface area (Å²) in [5.41, 5.74) is 1.05. The van der Waals surface area contributed by atoms with Gasteiger partial charge in [-0.05, 0) is 19.1 Å². The molecule has 0 atom stereocenters. The molecule has 1 N–H and O–H groups in total. The minimum absolute atomic E-state index is 0. The van der Waals surface area contributed by atoms with Gasteiger partial charge in [-0.2, -0.15) is 0 Å². The molecule has 1 rings (SSSR count). The van der Waals surface area contributed by atoms with E-state index in [0.29, 0.717) is 11.4 Å². The first kappa shape index (κ1) is 14.8. The Kier molecular flexibility index (Phi) is 6.72.